The van der Waals surface area contributed by atoms with Crippen molar-refractivity contribution in [2.24, 2.45) is 0 Å². The molecule has 3 aromatic rings. The van der Waals surface area contributed by atoms with Crippen LogP contribution in [0.1, 0.15) is 16.2 Å². The van der Waals surface area contributed by atoms with Gasteiger partial charge in [-0.05, 0) is 25.1 Å². The van der Waals surface area contributed by atoms with Crippen molar-refractivity contribution in [3.05, 3.63) is 70.0 Å². The molecular weight excluding hydrogens is 440 g/mol. The van der Waals surface area contributed by atoms with Gasteiger partial charge in [-0.15, -0.1) is 5.10 Å². The molecule has 2 aromatic carbocycles. The summed E-state index contributed by atoms with van der Waals surface area (Å²) in [4.78, 5) is 10.7. The first-order valence-electron chi connectivity index (χ1n) is 7.60. The molecule has 7 nitrogen and oxygen atoms in total. The topological polar surface area (TPSA) is 93.9 Å². The van der Waals surface area contributed by atoms with Gasteiger partial charge < -0.3 is 0 Å². The van der Waals surface area contributed by atoms with E-state index in [4.69, 9.17) is 11.6 Å². The van der Waals surface area contributed by atoms with E-state index in [0.717, 1.165) is 10.7 Å². The molecule has 0 atom stereocenters. The Morgan fingerprint density at radius 1 is 1.07 bits per heavy atom. The van der Waals surface area contributed by atoms with Crippen molar-refractivity contribution < 1.29 is 30.8 Å². The molecule has 152 valence electrons. The van der Waals surface area contributed by atoms with Gasteiger partial charge in [0.05, 0.1) is 5.69 Å². The quantitative estimate of drug-likeness (QED) is 0.619. The summed E-state index contributed by atoms with van der Waals surface area (Å²) in [6, 6.07) is 3.88. The van der Waals surface area contributed by atoms with Crippen LogP contribution in [-0.2, 0) is 10.0 Å². The average Bonchev–Trinajstić information content (AvgIpc) is 2.94. The molecule has 0 aliphatic carbocycles. The number of benzene rings is 2. The Balaban J connectivity index is 1.95. The predicted molar refractivity (Wildman–Crippen MR) is 92.0 cm³/mol. The fraction of sp³-hybridized carbons (Fsp3) is 0.0625. The molecule has 13 heteroatoms. The summed E-state index contributed by atoms with van der Waals surface area (Å²) in [5.74, 6) is -6.97. The number of hydrogen-bond donors (Lipinski definition) is 1. The van der Waals surface area contributed by atoms with Crippen molar-refractivity contribution in [3.63, 3.8) is 0 Å². The first kappa shape index (κ1) is 20.7. The van der Waals surface area contributed by atoms with E-state index < -0.39 is 49.8 Å². The smallest absolute Gasteiger partial charge is 0.266 e. The predicted octanol–water partition coefficient (Wildman–Crippen LogP) is 2.90. The van der Waals surface area contributed by atoms with Crippen molar-refractivity contribution in [1.29, 1.82) is 0 Å². The van der Waals surface area contributed by atoms with E-state index in [2.05, 4.69) is 10.3 Å². The molecule has 0 saturated heterocycles. The van der Waals surface area contributed by atoms with Crippen molar-refractivity contribution in [1.82, 2.24) is 19.7 Å². The highest BCUT2D eigenvalue weighted by Gasteiger charge is 2.29. The van der Waals surface area contributed by atoms with Crippen molar-refractivity contribution in [3.8, 4) is 5.69 Å². The highest BCUT2D eigenvalue weighted by molar-refractivity contribution is 7.90. The summed E-state index contributed by atoms with van der Waals surface area (Å²) in [6.07, 6.45) is 0. The fourth-order valence-corrected chi connectivity index (χ4v) is 3.66. The minimum Gasteiger partial charge on any atom is -0.266 e. The third-order valence-electron chi connectivity index (χ3n) is 3.71. The number of halogens is 5. The van der Waals surface area contributed by atoms with Gasteiger partial charge >= 0.3 is 0 Å². The number of sulfonamides is 1. The SMILES string of the molecule is Cc1c(C(=O)NS(=O)(=O)c2c(F)cc(F)cc2F)nnn1-c1ccc(Cl)cc1F. The number of nitrogens with zero attached hydrogens (tertiary/aromatic N) is 3. The molecule has 0 saturated carbocycles. The molecule has 0 aliphatic heterocycles. The van der Waals surface area contributed by atoms with Gasteiger partial charge in [0.2, 0.25) is 0 Å². The van der Waals surface area contributed by atoms with Gasteiger partial charge in [0.15, 0.2) is 10.6 Å². The molecule has 0 aliphatic rings. The standard InChI is InChI=1S/C16H9ClF4N4O3S/c1-7-14(22-24-25(7)13-3-2-8(17)4-10(13)19)16(26)23-29(27,28)15-11(20)5-9(18)6-12(15)21/h2-6H,1H3,(H,23,26). The molecule has 0 bridgehead atoms. The molecule has 3 rings (SSSR count). The summed E-state index contributed by atoms with van der Waals surface area (Å²) in [5, 5.41) is 7.17. The molecule has 0 spiro atoms. The van der Waals surface area contributed by atoms with Crippen LogP contribution in [0.2, 0.25) is 5.02 Å². The molecule has 1 N–H and O–H groups in total. The molecule has 1 heterocycles. The lowest BCUT2D eigenvalue weighted by molar-refractivity contribution is 0.0976. The number of aromatic nitrogens is 3. The molecule has 0 fully saturated rings. The van der Waals surface area contributed by atoms with Gasteiger partial charge in [0, 0.05) is 17.2 Å². The maximum Gasteiger partial charge on any atom is 0.287 e. The molecule has 1 amide bonds. The molecule has 1 aromatic heterocycles. The van der Waals surface area contributed by atoms with Crippen LogP contribution < -0.4 is 4.72 Å². The zero-order valence-electron chi connectivity index (χ0n) is 14.3. The molecule has 29 heavy (non-hydrogen) atoms. The van der Waals surface area contributed by atoms with E-state index in [1.165, 1.54) is 23.8 Å². The maximum atomic E-state index is 14.1. The van der Waals surface area contributed by atoms with Crippen molar-refractivity contribution >= 4 is 27.5 Å². The molecule has 0 unspecified atom stereocenters. The van der Waals surface area contributed by atoms with Gasteiger partial charge in [-0.3, -0.25) is 4.79 Å². The van der Waals surface area contributed by atoms with E-state index in [1.54, 1.807) is 0 Å². The Labute approximate surface area is 166 Å². The van der Waals surface area contributed by atoms with E-state index in [9.17, 15) is 30.8 Å². The Bertz CT molecular complexity index is 1220. The molecular formula is C16H9ClF4N4O3S. The lowest BCUT2D eigenvalue weighted by atomic mass is 10.2. The number of hydrogen-bond acceptors (Lipinski definition) is 5. The van der Waals surface area contributed by atoms with E-state index in [1.807, 2.05) is 0 Å². The maximum absolute atomic E-state index is 14.1. The summed E-state index contributed by atoms with van der Waals surface area (Å²) >= 11 is 5.67. The highest BCUT2D eigenvalue weighted by Crippen LogP contribution is 2.22. The summed E-state index contributed by atoms with van der Waals surface area (Å²) in [5.41, 5.74) is -0.748. The monoisotopic (exact) mass is 448 g/mol. The van der Waals surface area contributed by atoms with E-state index in [-0.39, 0.29) is 28.5 Å². The number of amides is 1. The molecule has 0 radical (unpaired) electrons. The van der Waals surface area contributed by atoms with Crippen LogP contribution in [0.5, 0.6) is 0 Å². The van der Waals surface area contributed by atoms with Crippen LogP contribution in [0.15, 0.2) is 35.2 Å². The summed E-state index contributed by atoms with van der Waals surface area (Å²) in [6.45, 7) is 1.29. The number of nitrogens with one attached hydrogen (secondary N) is 1. The third-order valence-corrected chi connectivity index (χ3v) is 5.32. The summed E-state index contributed by atoms with van der Waals surface area (Å²) in [7, 11) is -5.06. The fourth-order valence-electron chi connectivity index (χ4n) is 2.43. The zero-order chi connectivity index (χ0) is 21.5. The van der Waals surface area contributed by atoms with Gasteiger partial charge in [0.25, 0.3) is 15.9 Å². The Morgan fingerprint density at radius 2 is 1.69 bits per heavy atom. The Morgan fingerprint density at radius 3 is 2.28 bits per heavy atom. The van der Waals surface area contributed by atoms with E-state index in [0.29, 0.717) is 0 Å². The van der Waals surface area contributed by atoms with Gasteiger partial charge in [-0.1, -0.05) is 16.8 Å². The van der Waals surface area contributed by atoms with Crippen LogP contribution >= 0.6 is 11.6 Å². The average molecular weight is 449 g/mol. The number of carbonyl (C=O) groups excluding carboxylic acids is 1. The van der Waals surface area contributed by atoms with Crippen LogP contribution in [0.25, 0.3) is 5.69 Å². The first-order valence-corrected chi connectivity index (χ1v) is 9.47. The largest absolute Gasteiger partial charge is 0.287 e. The second-order valence-electron chi connectivity index (χ2n) is 5.66. The minimum atomic E-state index is -5.06. The summed E-state index contributed by atoms with van der Waals surface area (Å²) < 4.78 is 81.2. The zero-order valence-corrected chi connectivity index (χ0v) is 15.8. The first-order chi connectivity index (χ1) is 13.5. The van der Waals surface area contributed by atoms with Crippen LogP contribution in [0.4, 0.5) is 17.6 Å². The normalized spacial score (nSPS) is 11.5. The van der Waals surface area contributed by atoms with Crippen molar-refractivity contribution in [2.75, 3.05) is 0 Å². The van der Waals surface area contributed by atoms with Crippen LogP contribution in [0.3, 0.4) is 0 Å². The number of rotatable bonds is 4. The number of carbonyl (C=O) groups is 1. The Hall–Kier alpha value is -2.99. The van der Waals surface area contributed by atoms with Gasteiger partial charge in [0.1, 0.15) is 29.0 Å². The lowest BCUT2D eigenvalue weighted by Gasteiger charge is -2.09. The second-order valence-corrected chi connectivity index (χ2v) is 7.72. The van der Waals surface area contributed by atoms with Gasteiger partial charge in [-0.25, -0.2) is 35.4 Å². The van der Waals surface area contributed by atoms with Crippen molar-refractivity contribution in [2.45, 2.75) is 11.8 Å². The highest BCUT2D eigenvalue weighted by atomic mass is 35.5. The van der Waals surface area contributed by atoms with Gasteiger partial charge in [-0.2, -0.15) is 0 Å². The van der Waals surface area contributed by atoms with Crippen LogP contribution in [0, 0.1) is 30.2 Å². The van der Waals surface area contributed by atoms with Crippen LogP contribution in [-0.4, -0.2) is 29.3 Å². The Kier molecular flexibility index (Phi) is 5.32. The lowest BCUT2D eigenvalue weighted by Crippen LogP contribution is -2.32. The van der Waals surface area contributed by atoms with E-state index >= 15 is 0 Å². The third kappa shape index (κ3) is 3.93. The minimum absolute atomic E-state index is 0.0704. The second kappa shape index (κ2) is 7.44.